The number of oxime groups is 1. The first kappa shape index (κ1) is 12.3. The Morgan fingerprint density at radius 2 is 2.12 bits per heavy atom. The molecule has 0 aliphatic heterocycles. The predicted octanol–water partition coefficient (Wildman–Crippen LogP) is 1.78. The molecule has 0 aliphatic rings. The Kier molecular flexibility index (Phi) is 5.08. The fourth-order valence-corrected chi connectivity index (χ4v) is 1.08. The van der Waals surface area contributed by atoms with Crippen LogP contribution in [0.15, 0.2) is 41.8 Å². The summed E-state index contributed by atoms with van der Waals surface area (Å²) in [6.45, 7) is 4.27. The second-order valence-electron chi connectivity index (χ2n) is 3.17. The van der Waals surface area contributed by atoms with Gasteiger partial charge in [-0.05, 0) is 36.9 Å². The molecule has 0 bridgehead atoms. The summed E-state index contributed by atoms with van der Waals surface area (Å²) < 4.78 is 5.05. The summed E-state index contributed by atoms with van der Waals surface area (Å²) in [5, 5.41) is 6.73. The summed E-state index contributed by atoms with van der Waals surface area (Å²) >= 11 is 0. The van der Waals surface area contributed by atoms with Gasteiger partial charge in [0.15, 0.2) is 0 Å². The number of methoxy groups -OCH3 is 1. The Hall–Kier alpha value is -1.81. The summed E-state index contributed by atoms with van der Waals surface area (Å²) in [4.78, 5) is 5.02. The van der Waals surface area contributed by atoms with Crippen molar-refractivity contribution in [2.24, 2.45) is 5.16 Å². The number of ether oxygens (including phenoxy) is 1. The average molecular weight is 220 g/mol. The highest BCUT2D eigenvalue weighted by atomic mass is 16.6. The number of likely N-dealkylation sites (N-methyl/N-ethyl adjacent to an activating group) is 1. The van der Waals surface area contributed by atoms with Gasteiger partial charge in [0.1, 0.15) is 11.5 Å². The van der Waals surface area contributed by atoms with Crippen molar-refractivity contribution in [2.45, 2.75) is 0 Å². The molecule has 0 radical (unpaired) electrons. The van der Waals surface area contributed by atoms with E-state index in [9.17, 15) is 0 Å². The van der Waals surface area contributed by atoms with Gasteiger partial charge in [-0.25, -0.2) is 0 Å². The largest absolute Gasteiger partial charge is 0.497 e. The van der Waals surface area contributed by atoms with Crippen molar-refractivity contribution in [1.82, 2.24) is 5.32 Å². The van der Waals surface area contributed by atoms with E-state index < -0.39 is 0 Å². The fourth-order valence-electron chi connectivity index (χ4n) is 1.08. The molecule has 16 heavy (non-hydrogen) atoms. The Labute approximate surface area is 95.6 Å². The number of hydrogen-bond donors (Lipinski definition) is 1. The van der Waals surface area contributed by atoms with Crippen LogP contribution >= 0.6 is 0 Å². The van der Waals surface area contributed by atoms with Crippen LogP contribution in [0, 0.1) is 0 Å². The van der Waals surface area contributed by atoms with Gasteiger partial charge >= 0.3 is 0 Å². The molecule has 0 saturated heterocycles. The van der Waals surface area contributed by atoms with Crippen LogP contribution < -0.4 is 10.1 Å². The highest BCUT2D eigenvalue weighted by Gasteiger charge is 1.92. The van der Waals surface area contributed by atoms with Gasteiger partial charge in [-0.15, -0.1) is 0 Å². The van der Waals surface area contributed by atoms with Gasteiger partial charge in [0.2, 0.25) is 0 Å². The predicted molar refractivity (Wildman–Crippen MR) is 64.7 cm³/mol. The second kappa shape index (κ2) is 6.63. The van der Waals surface area contributed by atoms with Crippen molar-refractivity contribution in [1.29, 1.82) is 0 Å². The van der Waals surface area contributed by atoms with Gasteiger partial charge in [0, 0.05) is 0 Å². The normalized spacial score (nSPS) is 10.4. The molecule has 4 nitrogen and oxygen atoms in total. The van der Waals surface area contributed by atoms with Crippen molar-refractivity contribution in [2.75, 3.05) is 20.7 Å². The van der Waals surface area contributed by atoms with Crippen LogP contribution in [-0.4, -0.2) is 26.9 Å². The third-order valence-electron chi connectivity index (χ3n) is 1.87. The lowest BCUT2D eigenvalue weighted by molar-refractivity contribution is 0.224. The minimum atomic E-state index is 0.576. The number of rotatable bonds is 6. The highest BCUT2D eigenvalue weighted by molar-refractivity contribution is 5.79. The molecule has 0 unspecified atom stereocenters. The summed E-state index contributed by atoms with van der Waals surface area (Å²) in [5.74, 6) is 1.39. The smallest absolute Gasteiger partial charge is 0.141 e. The SMILES string of the molecule is C=C(CNC)O/N=C/c1ccc(OC)cc1. The van der Waals surface area contributed by atoms with Crippen molar-refractivity contribution in [3.05, 3.63) is 42.2 Å². The van der Waals surface area contributed by atoms with Crippen LogP contribution in [0.1, 0.15) is 5.56 Å². The van der Waals surface area contributed by atoms with E-state index in [0.717, 1.165) is 11.3 Å². The fraction of sp³-hybridized carbons (Fsp3) is 0.250. The number of nitrogens with one attached hydrogen (secondary N) is 1. The molecule has 86 valence electrons. The molecule has 0 heterocycles. The summed E-state index contributed by atoms with van der Waals surface area (Å²) in [6.07, 6.45) is 1.63. The Morgan fingerprint density at radius 3 is 2.69 bits per heavy atom. The minimum Gasteiger partial charge on any atom is -0.497 e. The third kappa shape index (κ3) is 4.14. The molecule has 1 aromatic carbocycles. The highest BCUT2D eigenvalue weighted by Crippen LogP contribution is 2.09. The monoisotopic (exact) mass is 220 g/mol. The van der Waals surface area contributed by atoms with Gasteiger partial charge < -0.3 is 14.9 Å². The van der Waals surface area contributed by atoms with Gasteiger partial charge in [-0.3, -0.25) is 0 Å². The van der Waals surface area contributed by atoms with E-state index in [1.165, 1.54) is 0 Å². The molecule has 0 saturated carbocycles. The zero-order valence-electron chi connectivity index (χ0n) is 9.56. The van der Waals surface area contributed by atoms with E-state index in [-0.39, 0.29) is 0 Å². The second-order valence-corrected chi connectivity index (χ2v) is 3.17. The van der Waals surface area contributed by atoms with E-state index in [1.54, 1.807) is 13.3 Å². The molecular weight excluding hydrogens is 204 g/mol. The van der Waals surface area contributed by atoms with E-state index in [0.29, 0.717) is 12.3 Å². The average Bonchev–Trinajstić information content (AvgIpc) is 2.30. The molecule has 0 aliphatic carbocycles. The maximum absolute atomic E-state index is 5.05. The van der Waals surface area contributed by atoms with E-state index in [4.69, 9.17) is 9.57 Å². The molecule has 1 N–H and O–H groups in total. The summed E-state index contributed by atoms with van der Waals surface area (Å²) in [5.41, 5.74) is 0.943. The quantitative estimate of drug-likeness (QED) is 0.451. The van der Waals surface area contributed by atoms with E-state index >= 15 is 0 Å². The summed E-state index contributed by atoms with van der Waals surface area (Å²) in [6, 6.07) is 7.52. The van der Waals surface area contributed by atoms with Crippen LogP contribution in [0.4, 0.5) is 0 Å². The Bertz CT molecular complexity index is 358. The van der Waals surface area contributed by atoms with Crippen molar-refractivity contribution in [3.63, 3.8) is 0 Å². The molecule has 1 aromatic rings. The molecule has 1 rings (SSSR count). The Balaban J connectivity index is 2.46. The first-order chi connectivity index (χ1) is 7.76. The number of benzene rings is 1. The van der Waals surface area contributed by atoms with Crippen molar-refractivity contribution >= 4 is 6.21 Å². The lowest BCUT2D eigenvalue weighted by Crippen LogP contribution is -2.10. The molecule has 0 spiro atoms. The van der Waals surface area contributed by atoms with Gasteiger partial charge in [0.25, 0.3) is 0 Å². The molecule has 0 amide bonds. The first-order valence-electron chi connectivity index (χ1n) is 4.93. The zero-order chi connectivity index (χ0) is 11.8. The topological polar surface area (TPSA) is 42.8 Å². The molecule has 0 atom stereocenters. The summed E-state index contributed by atoms with van der Waals surface area (Å²) in [7, 11) is 3.45. The molecule has 4 heteroatoms. The maximum atomic E-state index is 5.05. The standard InChI is InChI=1S/C12H16N2O2/c1-10(8-13-2)16-14-9-11-4-6-12(15-3)7-5-11/h4-7,9,13H,1,8H2,2-3H3/b14-9+. The maximum Gasteiger partial charge on any atom is 0.141 e. The number of hydrogen-bond acceptors (Lipinski definition) is 4. The van der Waals surface area contributed by atoms with Gasteiger partial charge in [-0.1, -0.05) is 11.7 Å². The molecule has 0 fully saturated rings. The van der Waals surface area contributed by atoms with Crippen molar-refractivity contribution in [3.8, 4) is 5.75 Å². The Morgan fingerprint density at radius 1 is 1.44 bits per heavy atom. The van der Waals surface area contributed by atoms with E-state index in [2.05, 4.69) is 17.1 Å². The van der Waals surface area contributed by atoms with Crippen LogP contribution in [-0.2, 0) is 4.84 Å². The van der Waals surface area contributed by atoms with Crippen LogP contribution in [0.5, 0.6) is 5.75 Å². The van der Waals surface area contributed by atoms with Crippen LogP contribution in [0.2, 0.25) is 0 Å². The van der Waals surface area contributed by atoms with Crippen LogP contribution in [0.25, 0.3) is 0 Å². The first-order valence-corrected chi connectivity index (χ1v) is 4.93. The van der Waals surface area contributed by atoms with E-state index in [1.807, 2.05) is 31.3 Å². The molecular formula is C12H16N2O2. The number of nitrogens with zero attached hydrogens (tertiary/aromatic N) is 1. The lowest BCUT2D eigenvalue weighted by Gasteiger charge is -2.01. The minimum absolute atomic E-state index is 0.576. The van der Waals surface area contributed by atoms with Gasteiger partial charge in [0.05, 0.1) is 19.9 Å². The van der Waals surface area contributed by atoms with Gasteiger partial charge in [-0.2, -0.15) is 0 Å². The zero-order valence-corrected chi connectivity index (χ0v) is 9.56. The van der Waals surface area contributed by atoms with Crippen molar-refractivity contribution < 1.29 is 9.57 Å². The molecule has 0 aromatic heterocycles. The third-order valence-corrected chi connectivity index (χ3v) is 1.87. The van der Waals surface area contributed by atoms with Crippen LogP contribution in [0.3, 0.4) is 0 Å². The lowest BCUT2D eigenvalue weighted by atomic mass is 10.2.